The number of hydrogen-bond acceptors (Lipinski definition) is 1. The van der Waals surface area contributed by atoms with E-state index in [1.165, 1.54) is 60.8 Å². The number of aromatic amines is 1. The van der Waals surface area contributed by atoms with E-state index < -0.39 is 0 Å². The average molecular weight is 338 g/mol. The molecule has 2 fully saturated rings. The Morgan fingerprint density at radius 2 is 2.00 bits per heavy atom. The Bertz CT molecular complexity index is 746. The van der Waals surface area contributed by atoms with Crippen LogP contribution in [0.5, 0.6) is 0 Å². The van der Waals surface area contributed by atoms with Crippen molar-refractivity contribution >= 4 is 16.9 Å². The fourth-order valence-corrected chi connectivity index (χ4v) is 4.87. The van der Waals surface area contributed by atoms with E-state index in [-0.39, 0.29) is 0 Å². The molecule has 2 aromatic rings. The first kappa shape index (κ1) is 16.5. The predicted octanol–water partition coefficient (Wildman–Crippen LogP) is 3.72. The second-order valence-electron chi connectivity index (χ2n) is 7.74. The molecule has 1 aromatic carbocycles. The van der Waals surface area contributed by atoms with Crippen molar-refractivity contribution in [2.75, 3.05) is 26.7 Å². The predicted molar refractivity (Wildman–Crippen MR) is 105 cm³/mol. The van der Waals surface area contributed by atoms with Gasteiger partial charge in [0.2, 0.25) is 0 Å². The van der Waals surface area contributed by atoms with Crippen molar-refractivity contribution < 1.29 is 0 Å². The normalized spacial score (nSPS) is 23.9. The average Bonchev–Trinajstić information content (AvgIpc) is 3.23. The summed E-state index contributed by atoms with van der Waals surface area (Å²) in [5.41, 5.74) is 3.98. The molecule has 4 rings (SSSR count). The van der Waals surface area contributed by atoms with E-state index in [0.717, 1.165) is 30.8 Å². The van der Waals surface area contributed by atoms with E-state index in [1.807, 2.05) is 7.05 Å². The van der Waals surface area contributed by atoms with E-state index in [4.69, 9.17) is 0 Å². The van der Waals surface area contributed by atoms with Gasteiger partial charge in [0.05, 0.1) is 0 Å². The number of aromatic nitrogens is 1. The van der Waals surface area contributed by atoms with Crippen LogP contribution in [0.2, 0.25) is 0 Å². The maximum atomic E-state index is 4.55. The third-order valence-electron chi connectivity index (χ3n) is 6.16. The molecule has 1 saturated carbocycles. The Labute approximate surface area is 150 Å². The van der Waals surface area contributed by atoms with Crippen molar-refractivity contribution in [1.82, 2.24) is 15.2 Å². The van der Waals surface area contributed by atoms with Crippen molar-refractivity contribution in [3.05, 3.63) is 35.5 Å². The maximum absolute atomic E-state index is 4.55. The minimum absolute atomic E-state index is 0.892. The summed E-state index contributed by atoms with van der Waals surface area (Å²) in [6, 6.07) is 6.47. The summed E-state index contributed by atoms with van der Waals surface area (Å²) < 4.78 is 0. The van der Waals surface area contributed by atoms with Gasteiger partial charge in [-0.05, 0) is 55.2 Å². The third kappa shape index (κ3) is 3.26. The smallest absolute Gasteiger partial charge is 0.193 e. The largest absolute Gasteiger partial charge is 0.361 e. The summed E-state index contributed by atoms with van der Waals surface area (Å²) >= 11 is 0. The standard InChI is InChI=1S/C21H30N4/c1-15-6-5-9-19-20(15)16(12-24-19)10-11-23-21(22-2)25-13-17-7-3-4-8-18(17)14-25/h5-6,9,12,17-18,24H,3-4,7-8,10-11,13-14H2,1-2H3,(H,22,23). The molecular formula is C21H30N4. The number of nitrogens with zero attached hydrogens (tertiary/aromatic N) is 2. The molecule has 1 aromatic heterocycles. The topological polar surface area (TPSA) is 43.4 Å². The van der Waals surface area contributed by atoms with Gasteiger partial charge in [0.25, 0.3) is 0 Å². The van der Waals surface area contributed by atoms with Gasteiger partial charge in [0.15, 0.2) is 5.96 Å². The molecule has 1 saturated heterocycles. The number of H-pyrrole nitrogens is 1. The highest BCUT2D eigenvalue weighted by Crippen LogP contribution is 2.35. The summed E-state index contributed by atoms with van der Waals surface area (Å²) in [6.07, 6.45) is 8.83. The van der Waals surface area contributed by atoms with Crippen LogP contribution in [0, 0.1) is 18.8 Å². The highest BCUT2D eigenvalue weighted by atomic mass is 15.3. The van der Waals surface area contributed by atoms with E-state index in [1.54, 1.807) is 0 Å². The molecule has 1 aliphatic heterocycles. The first-order valence-electron chi connectivity index (χ1n) is 9.77. The molecule has 0 bridgehead atoms. The number of benzene rings is 1. The molecule has 4 heteroatoms. The molecule has 1 aliphatic carbocycles. The van der Waals surface area contributed by atoms with E-state index >= 15 is 0 Å². The Morgan fingerprint density at radius 1 is 1.24 bits per heavy atom. The monoisotopic (exact) mass is 338 g/mol. The van der Waals surface area contributed by atoms with Gasteiger partial charge in [-0.3, -0.25) is 4.99 Å². The van der Waals surface area contributed by atoms with Crippen LogP contribution >= 0.6 is 0 Å². The minimum Gasteiger partial charge on any atom is -0.361 e. The molecule has 2 N–H and O–H groups in total. The lowest BCUT2D eigenvalue weighted by Crippen LogP contribution is -2.41. The van der Waals surface area contributed by atoms with Crippen LogP contribution in [0.15, 0.2) is 29.4 Å². The van der Waals surface area contributed by atoms with Gasteiger partial charge in [0.1, 0.15) is 0 Å². The van der Waals surface area contributed by atoms with Crippen molar-refractivity contribution in [3.8, 4) is 0 Å². The maximum Gasteiger partial charge on any atom is 0.193 e. The summed E-state index contributed by atoms with van der Waals surface area (Å²) in [7, 11) is 1.92. The molecule has 2 unspecified atom stereocenters. The number of hydrogen-bond donors (Lipinski definition) is 2. The van der Waals surface area contributed by atoms with Crippen molar-refractivity contribution in [3.63, 3.8) is 0 Å². The molecule has 2 heterocycles. The molecule has 0 radical (unpaired) electrons. The Kier molecular flexibility index (Phi) is 4.69. The number of fused-ring (bicyclic) bond motifs is 2. The van der Waals surface area contributed by atoms with Crippen LogP contribution in [-0.4, -0.2) is 42.5 Å². The highest BCUT2D eigenvalue weighted by molar-refractivity contribution is 5.86. The SMILES string of the molecule is CN=C(NCCc1c[nH]c2cccc(C)c12)N1CC2CCCCC2C1. The lowest BCUT2D eigenvalue weighted by atomic mass is 9.82. The lowest BCUT2D eigenvalue weighted by Gasteiger charge is -2.22. The minimum atomic E-state index is 0.892. The van der Waals surface area contributed by atoms with Gasteiger partial charge < -0.3 is 15.2 Å². The van der Waals surface area contributed by atoms with Gasteiger partial charge >= 0.3 is 0 Å². The number of aryl methyl sites for hydroxylation is 1. The van der Waals surface area contributed by atoms with E-state index in [9.17, 15) is 0 Å². The van der Waals surface area contributed by atoms with Crippen LogP contribution in [-0.2, 0) is 6.42 Å². The number of rotatable bonds is 3. The molecule has 134 valence electrons. The molecule has 4 nitrogen and oxygen atoms in total. The number of aliphatic imine (C=N–C) groups is 1. The summed E-state index contributed by atoms with van der Waals surface area (Å²) in [6.45, 7) is 5.50. The Morgan fingerprint density at radius 3 is 2.72 bits per heavy atom. The molecular weight excluding hydrogens is 308 g/mol. The van der Waals surface area contributed by atoms with Crippen molar-refractivity contribution in [2.45, 2.75) is 39.0 Å². The lowest BCUT2D eigenvalue weighted by molar-refractivity contribution is 0.299. The van der Waals surface area contributed by atoms with Crippen LogP contribution in [0.3, 0.4) is 0 Å². The van der Waals surface area contributed by atoms with Crippen LogP contribution in [0.4, 0.5) is 0 Å². The second kappa shape index (κ2) is 7.11. The van der Waals surface area contributed by atoms with Gasteiger partial charge in [-0.25, -0.2) is 0 Å². The molecule has 2 atom stereocenters. The van der Waals surface area contributed by atoms with Gasteiger partial charge in [-0.2, -0.15) is 0 Å². The van der Waals surface area contributed by atoms with Crippen LogP contribution < -0.4 is 5.32 Å². The van der Waals surface area contributed by atoms with Crippen molar-refractivity contribution in [2.24, 2.45) is 16.8 Å². The summed E-state index contributed by atoms with van der Waals surface area (Å²) in [5.74, 6) is 2.87. The van der Waals surface area contributed by atoms with Crippen molar-refractivity contribution in [1.29, 1.82) is 0 Å². The quantitative estimate of drug-likeness (QED) is 0.662. The fourth-order valence-electron chi connectivity index (χ4n) is 4.87. The Hall–Kier alpha value is -1.97. The zero-order valence-electron chi connectivity index (χ0n) is 15.5. The molecule has 0 amide bonds. The number of likely N-dealkylation sites (tertiary alicyclic amines) is 1. The first-order valence-corrected chi connectivity index (χ1v) is 9.77. The molecule has 2 aliphatic rings. The Balaban J connectivity index is 1.37. The van der Waals surface area contributed by atoms with E-state index in [0.29, 0.717) is 0 Å². The number of nitrogens with one attached hydrogen (secondary N) is 2. The number of guanidine groups is 1. The molecule has 25 heavy (non-hydrogen) atoms. The van der Waals surface area contributed by atoms with Crippen LogP contribution in [0.25, 0.3) is 10.9 Å². The van der Waals surface area contributed by atoms with Gasteiger partial charge in [0, 0.05) is 43.8 Å². The zero-order valence-corrected chi connectivity index (χ0v) is 15.5. The van der Waals surface area contributed by atoms with Crippen LogP contribution in [0.1, 0.15) is 36.8 Å². The summed E-state index contributed by atoms with van der Waals surface area (Å²) in [4.78, 5) is 10.4. The highest BCUT2D eigenvalue weighted by Gasteiger charge is 2.35. The first-order chi connectivity index (χ1) is 12.3. The zero-order chi connectivity index (χ0) is 17.2. The van der Waals surface area contributed by atoms with E-state index in [2.05, 4.69) is 51.5 Å². The fraction of sp³-hybridized carbons (Fsp3) is 0.571. The molecule has 0 spiro atoms. The van der Waals surface area contributed by atoms with Gasteiger partial charge in [-0.1, -0.05) is 25.0 Å². The second-order valence-corrected chi connectivity index (χ2v) is 7.74. The van der Waals surface area contributed by atoms with Gasteiger partial charge in [-0.15, -0.1) is 0 Å². The third-order valence-corrected chi connectivity index (χ3v) is 6.16. The summed E-state index contributed by atoms with van der Waals surface area (Å²) in [5, 5.41) is 4.99.